The quantitative estimate of drug-likeness (QED) is 0.0938. The summed E-state index contributed by atoms with van der Waals surface area (Å²) < 4.78 is 27.7. The minimum atomic E-state index is -1.93. The van der Waals surface area contributed by atoms with Gasteiger partial charge in [0, 0.05) is 17.7 Å². The molecule has 2 aromatic carbocycles. The fourth-order valence-corrected chi connectivity index (χ4v) is 4.94. The minimum Gasteiger partial charge on any atom is -0.507 e. The Balaban J connectivity index is 1.52. The van der Waals surface area contributed by atoms with Gasteiger partial charge >= 0.3 is 0 Å². The van der Waals surface area contributed by atoms with E-state index in [-0.39, 0.29) is 11.3 Å². The normalized spacial score (nSPS) is 32.5. The van der Waals surface area contributed by atoms with Crippen LogP contribution in [-0.2, 0) is 14.2 Å². The molecular weight excluding hydrogens is 596 g/mol. The van der Waals surface area contributed by atoms with E-state index in [1.807, 2.05) is 0 Å². The number of hydrogen-bond acceptors (Lipinski definition) is 17. The van der Waals surface area contributed by atoms with Crippen molar-refractivity contribution in [2.45, 2.75) is 61.4 Å². The van der Waals surface area contributed by atoms with Gasteiger partial charge < -0.3 is 79.5 Å². The van der Waals surface area contributed by atoms with Crippen molar-refractivity contribution in [3.8, 4) is 40.1 Å². The highest BCUT2D eigenvalue weighted by Gasteiger charge is 2.51. The lowest BCUT2D eigenvalue weighted by Crippen LogP contribution is -2.65. The van der Waals surface area contributed by atoms with Crippen LogP contribution in [0.15, 0.2) is 39.5 Å². The highest BCUT2D eigenvalue weighted by Crippen LogP contribution is 2.42. The first kappa shape index (κ1) is 31.7. The van der Waals surface area contributed by atoms with Crippen LogP contribution in [0.2, 0.25) is 0 Å². The van der Waals surface area contributed by atoms with E-state index in [1.165, 1.54) is 6.07 Å². The van der Waals surface area contributed by atoms with E-state index >= 15 is 0 Å². The second kappa shape index (κ2) is 12.3. The molecule has 2 aliphatic rings. The molecule has 2 saturated heterocycles. The predicted molar refractivity (Wildman–Crippen MR) is 142 cm³/mol. The number of phenols is 4. The molecule has 17 heteroatoms. The van der Waals surface area contributed by atoms with Gasteiger partial charge in [-0.25, -0.2) is 0 Å². The molecule has 44 heavy (non-hydrogen) atoms. The summed E-state index contributed by atoms with van der Waals surface area (Å²) in [4.78, 5) is 12.9. The largest absolute Gasteiger partial charge is 0.507 e. The molecule has 11 N–H and O–H groups in total. The Hall–Kier alpha value is -3.75. The lowest BCUT2D eigenvalue weighted by atomic mass is 9.97. The monoisotopic (exact) mass is 626 g/mol. The second-order valence-corrected chi connectivity index (χ2v) is 10.2. The topological polar surface area (TPSA) is 290 Å². The Kier molecular flexibility index (Phi) is 8.87. The third kappa shape index (κ3) is 5.61. The SMILES string of the molecule is O=c1cc(-c2ccc(O)c(O)c2)oc2c(O)c(OC3OC(CO)C(O)C(O)C3OC3OC(CO)C(O)C(O)C3O)cc(O)c12. The standard InChI is InChI=1S/C27H30O17/c28-6-15-18(34)21(37)23(39)26(42-15)44-25-22(38)19(35)16(7-29)43-27(25)41-14-5-12(33)17-11(32)4-13(40-24(17)20(14)36)8-1-2-9(30)10(31)3-8/h1-5,15-16,18-19,21-23,25-31,33-39H,6-7H2. The van der Waals surface area contributed by atoms with E-state index in [1.54, 1.807) is 0 Å². The lowest BCUT2D eigenvalue weighted by molar-refractivity contribution is -0.358. The van der Waals surface area contributed by atoms with Crippen LogP contribution in [0.5, 0.6) is 28.7 Å². The number of aromatic hydroxyl groups is 4. The number of aliphatic hydroxyl groups is 7. The zero-order valence-electron chi connectivity index (χ0n) is 22.4. The van der Waals surface area contributed by atoms with Gasteiger partial charge in [-0.1, -0.05) is 0 Å². The van der Waals surface area contributed by atoms with Crippen molar-refractivity contribution in [2.24, 2.45) is 0 Å². The Morgan fingerprint density at radius 3 is 1.98 bits per heavy atom. The predicted octanol–water partition coefficient (Wildman–Crippen LogP) is -2.71. The fraction of sp³-hybridized carbons (Fsp3) is 0.444. The van der Waals surface area contributed by atoms with E-state index in [2.05, 4.69) is 0 Å². The highest BCUT2D eigenvalue weighted by molar-refractivity contribution is 5.91. The molecule has 0 aliphatic carbocycles. The molecule has 10 unspecified atom stereocenters. The molecule has 0 saturated carbocycles. The van der Waals surface area contributed by atoms with Gasteiger partial charge in [-0.3, -0.25) is 4.79 Å². The van der Waals surface area contributed by atoms with Crippen LogP contribution in [0.3, 0.4) is 0 Å². The zero-order chi connectivity index (χ0) is 32.0. The van der Waals surface area contributed by atoms with Crippen molar-refractivity contribution in [3.63, 3.8) is 0 Å². The Bertz CT molecular complexity index is 1560. The average molecular weight is 627 g/mol. The molecule has 2 aliphatic heterocycles. The lowest BCUT2D eigenvalue weighted by Gasteiger charge is -2.45. The maximum absolute atomic E-state index is 12.9. The summed E-state index contributed by atoms with van der Waals surface area (Å²) in [6, 6.07) is 5.27. The van der Waals surface area contributed by atoms with Gasteiger partial charge in [0.25, 0.3) is 0 Å². The number of phenolic OH excluding ortho intramolecular Hbond substituents is 4. The number of benzene rings is 2. The Labute approximate surface area is 246 Å². The maximum Gasteiger partial charge on any atom is 0.229 e. The number of ether oxygens (including phenoxy) is 4. The number of hydrogen-bond donors (Lipinski definition) is 11. The summed E-state index contributed by atoms with van der Waals surface area (Å²) in [5, 5.41) is 112. The third-order valence-electron chi connectivity index (χ3n) is 7.39. The molecule has 0 radical (unpaired) electrons. The minimum absolute atomic E-state index is 0.107. The second-order valence-electron chi connectivity index (χ2n) is 10.2. The van der Waals surface area contributed by atoms with Gasteiger partial charge in [-0.15, -0.1) is 0 Å². The molecule has 3 heterocycles. The summed E-state index contributed by atoms with van der Waals surface area (Å²) in [6.07, 6.45) is -17.6. The van der Waals surface area contributed by atoms with E-state index in [9.17, 15) is 61.0 Å². The summed E-state index contributed by atoms with van der Waals surface area (Å²) in [5.74, 6) is -3.39. The number of rotatable bonds is 7. The first-order valence-corrected chi connectivity index (χ1v) is 13.2. The van der Waals surface area contributed by atoms with E-state index in [0.717, 1.165) is 24.3 Å². The number of fused-ring (bicyclic) bond motifs is 1. The van der Waals surface area contributed by atoms with E-state index in [4.69, 9.17) is 23.4 Å². The third-order valence-corrected chi connectivity index (χ3v) is 7.39. The zero-order valence-corrected chi connectivity index (χ0v) is 22.4. The summed E-state index contributed by atoms with van der Waals surface area (Å²) in [7, 11) is 0. The summed E-state index contributed by atoms with van der Waals surface area (Å²) in [5.41, 5.74) is -1.29. The van der Waals surface area contributed by atoms with Crippen molar-refractivity contribution in [1.29, 1.82) is 0 Å². The van der Waals surface area contributed by atoms with Crippen LogP contribution in [-0.4, -0.2) is 131 Å². The molecule has 0 amide bonds. The van der Waals surface area contributed by atoms with Crippen LogP contribution >= 0.6 is 0 Å². The van der Waals surface area contributed by atoms with Gasteiger partial charge in [-0.2, -0.15) is 0 Å². The van der Waals surface area contributed by atoms with Crippen molar-refractivity contribution < 1.29 is 79.5 Å². The molecule has 0 bridgehead atoms. The van der Waals surface area contributed by atoms with Crippen molar-refractivity contribution in [2.75, 3.05) is 13.2 Å². The van der Waals surface area contributed by atoms with Crippen molar-refractivity contribution in [3.05, 3.63) is 40.6 Å². The van der Waals surface area contributed by atoms with Crippen molar-refractivity contribution in [1.82, 2.24) is 0 Å². The Morgan fingerprint density at radius 1 is 0.705 bits per heavy atom. The van der Waals surface area contributed by atoms with Crippen LogP contribution < -0.4 is 10.2 Å². The Morgan fingerprint density at radius 2 is 1.34 bits per heavy atom. The van der Waals surface area contributed by atoms with Crippen LogP contribution in [0.25, 0.3) is 22.3 Å². The molecule has 5 rings (SSSR count). The van der Waals surface area contributed by atoms with Gasteiger partial charge in [0.1, 0.15) is 59.6 Å². The molecule has 10 atom stereocenters. The average Bonchev–Trinajstić information content (AvgIpc) is 3.00. The molecule has 17 nitrogen and oxygen atoms in total. The van der Waals surface area contributed by atoms with Gasteiger partial charge in [-0.05, 0) is 18.2 Å². The van der Waals surface area contributed by atoms with Crippen molar-refractivity contribution >= 4 is 11.0 Å². The van der Waals surface area contributed by atoms with Gasteiger partial charge in [0.05, 0.1) is 13.2 Å². The van der Waals surface area contributed by atoms with E-state index in [0.29, 0.717) is 0 Å². The smallest absolute Gasteiger partial charge is 0.229 e. The fourth-order valence-electron chi connectivity index (χ4n) is 4.94. The molecule has 1 aromatic heterocycles. The highest BCUT2D eigenvalue weighted by atomic mass is 16.8. The van der Waals surface area contributed by atoms with Gasteiger partial charge in [0.2, 0.25) is 12.0 Å². The number of aliphatic hydroxyl groups excluding tert-OH is 7. The van der Waals surface area contributed by atoms with Crippen LogP contribution in [0.1, 0.15) is 0 Å². The van der Waals surface area contributed by atoms with E-state index < -0.39 is 120 Å². The molecule has 3 aromatic rings. The molecular formula is C27H30O17. The molecule has 240 valence electrons. The maximum atomic E-state index is 12.9. The van der Waals surface area contributed by atoms with Crippen LogP contribution in [0, 0.1) is 0 Å². The first-order valence-electron chi connectivity index (χ1n) is 13.2. The van der Waals surface area contributed by atoms with Gasteiger partial charge in [0.15, 0.2) is 40.7 Å². The first-order chi connectivity index (χ1) is 20.9. The molecule has 2 fully saturated rings. The van der Waals surface area contributed by atoms with Crippen LogP contribution in [0.4, 0.5) is 0 Å². The molecule has 0 spiro atoms. The summed E-state index contributed by atoms with van der Waals surface area (Å²) >= 11 is 0. The summed E-state index contributed by atoms with van der Waals surface area (Å²) in [6.45, 7) is -1.64.